The first-order chi connectivity index (χ1) is 8.28. The second-order valence-electron chi connectivity index (χ2n) is 6.29. The fraction of sp³-hybridized carbons (Fsp3) is 0.786. The highest BCUT2D eigenvalue weighted by molar-refractivity contribution is 5.08. The van der Waals surface area contributed by atoms with E-state index in [0.717, 1.165) is 31.1 Å². The molecule has 0 aliphatic carbocycles. The van der Waals surface area contributed by atoms with Crippen LogP contribution in [0.25, 0.3) is 0 Å². The van der Waals surface area contributed by atoms with Crippen molar-refractivity contribution in [2.45, 2.75) is 52.6 Å². The summed E-state index contributed by atoms with van der Waals surface area (Å²) in [6, 6.07) is 2.05. The smallest absolute Gasteiger partial charge is 0.139 e. The number of hydrogen-bond donors (Lipinski definition) is 1. The molecule has 1 heterocycles. The summed E-state index contributed by atoms with van der Waals surface area (Å²) in [4.78, 5) is 2.25. The summed E-state index contributed by atoms with van der Waals surface area (Å²) < 4.78 is 5.29. The van der Waals surface area contributed by atoms with Crippen molar-refractivity contribution in [2.24, 2.45) is 0 Å². The molecule has 18 heavy (non-hydrogen) atoms. The van der Waals surface area contributed by atoms with E-state index in [-0.39, 0.29) is 5.54 Å². The highest BCUT2D eigenvalue weighted by Gasteiger charge is 2.11. The molecule has 0 aromatic carbocycles. The van der Waals surface area contributed by atoms with Gasteiger partial charge in [-0.3, -0.25) is 4.90 Å². The molecule has 0 amide bonds. The summed E-state index contributed by atoms with van der Waals surface area (Å²) in [5.41, 5.74) is 1.19. The van der Waals surface area contributed by atoms with Gasteiger partial charge >= 0.3 is 0 Å². The third-order valence-corrected chi connectivity index (χ3v) is 2.73. The quantitative estimate of drug-likeness (QED) is 0.846. The summed E-state index contributed by atoms with van der Waals surface area (Å²) >= 11 is 0. The summed E-state index contributed by atoms with van der Waals surface area (Å²) in [6.45, 7) is 13.6. The zero-order valence-corrected chi connectivity index (χ0v) is 12.6. The molecule has 1 rings (SSSR count). The maximum atomic E-state index is 5.29. The third kappa shape index (κ3) is 5.65. The molecule has 0 bridgehead atoms. The highest BCUT2D eigenvalue weighted by atomic mass is 16.5. The van der Waals surface area contributed by atoms with Crippen LogP contribution < -0.4 is 5.32 Å². The number of likely N-dealkylation sites (N-methyl/N-ethyl adjacent to an activating group) is 1. The summed E-state index contributed by atoms with van der Waals surface area (Å²) in [6.07, 6.45) is 0. The minimum absolute atomic E-state index is 0.180. The Kier molecular flexibility index (Phi) is 5.35. The van der Waals surface area contributed by atoms with Crippen LogP contribution in [-0.4, -0.2) is 35.7 Å². The average Bonchev–Trinajstić information content (AvgIpc) is 2.64. The molecule has 0 unspecified atom stereocenters. The predicted molar refractivity (Wildman–Crippen MR) is 74.7 cm³/mol. The fourth-order valence-electron chi connectivity index (χ4n) is 1.65. The highest BCUT2D eigenvalue weighted by Crippen LogP contribution is 2.15. The van der Waals surface area contributed by atoms with Crippen LogP contribution in [-0.2, 0) is 6.54 Å². The number of rotatable bonds is 6. The van der Waals surface area contributed by atoms with Crippen LogP contribution in [0.2, 0.25) is 0 Å². The standard InChI is InChI=1S/C14H27N3O/c1-11(2)13-9-12(16-18-13)10-17(6)8-7-15-14(3,4)5/h9,11,15H,7-8,10H2,1-6H3. The van der Waals surface area contributed by atoms with Gasteiger partial charge in [0.15, 0.2) is 0 Å². The van der Waals surface area contributed by atoms with Crippen molar-refractivity contribution in [1.29, 1.82) is 0 Å². The lowest BCUT2D eigenvalue weighted by atomic mass is 10.1. The van der Waals surface area contributed by atoms with Crippen molar-refractivity contribution >= 4 is 0 Å². The van der Waals surface area contributed by atoms with E-state index in [2.05, 4.69) is 63.1 Å². The minimum atomic E-state index is 0.180. The summed E-state index contributed by atoms with van der Waals surface area (Å²) in [5, 5.41) is 7.57. The second-order valence-corrected chi connectivity index (χ2v) is 6.29. The van der Waals surface area contributed by atoms with Gasteiger partial charge in [0, 0.05) is 37.2 Å². The van der Waals surface area contributed by atoms with Crippen molar-refractivity contribution in [1.82, 2.24) is 15.4 Å². The second kappa shape index (κ2) is 6.34. The van der Waals surface area contributed by atoms with Gasteiger partial charge in [-0.25, -0.2) is 0 Å². The normalized spacial score (nSPS) is 12.7. The predicted octanol–water partition coefficient (Wildman–Crippen LogP) is 2.62. The fourth-order valence-corrected chi connectivity index (χ4v) is 1.65. The molecule has 104 valence electrons. The van der Waals surface area contributed by atoms with Crippen molar-refractivity contribution in [3.63, 3.8) is 0 Å². The van der Waals surface area contributed by atoms with Gasteiger partial charge in [0.05, 0.1) is 5.69 Å². The lowest BCUT2D eigenvalue weighted by molar-refractivity contribution is 0.290. The summed E-state index contributed by atoms with van der Waals surface area (Å²) in [7, 11) is 2.11. The number of nitrogens with one attached hydrogen (secondary N) is 1. The maximum absolute atomic E-state index is 5.29. The van der Waals surface area contributed by atoms with Gasteiger partial charge in [-0.05, 0) is 27.8 Å². The molecule has 1 aromatic heterocycles. The van der Waals surface area contributed by atoms with E-state index < -0.39 is 0 Å². The largest absolute Gasteiger partial charge is 0.361 e. The molecule has 0 atom stereocenters. The molecule has 0 saturated carbocycles. The average molecular weight is 253 g/mol. The van der Waals surface area contributed by atoms with E-state index in [1.165, 1.54) is 0 Å². The van der Waals surface area contributed by atoms with E-state index in [4.69, 9.17) is 4.52 Å². The van der Waals surface area contributed by atoms with Gasteiger partial charge in [-0.1, -0.05) is 19.0 Å². The van der Waals surface area contributed by atoms with Crippen LogP contribution in [0.15, 0.2) is 10.6 Å². The molecular weight excluding hydrogens is 226 g/mol. The molecule has 0 saturated heterocycles. The third-order valence-electron chi connectivity index (χ3n) is 2.73. The van der Waals surface area contributed by atoms with Gasteiger partial charge < -0.3 is 9.84 Å². The Hall–Kier alpha value is -0.870. The Morgan fingerprint density at radius 3 is 2.56 bits per heavy atom. The lowest BCUT2D eigenvalue weighted by Crippen LogP contribution is -2.40. The van der Waals surface area contributed by atoms with E-state index >= 15 is 0 Å². The Morgan fingerprint density at radius 2 is 2.06 bits per heavy atom. The van der Waals surface area contributed by atoms with Gasteiger partial charge in [0.1, 0.15) is 5.76 Å². The van der Waals surface area contributed by atoms with Gasteiger partial charge in [-0.15, -0.1) is 0 Å². The van der Waals surface area contributed by atoms with Crippen LogP contribution in [0.5, 0.6) is 0 Å². The van der Waals surface area contributed by atoms with E-state index in [1.54, 1.807) is 0 Å². The molecule has 0 fully saturated rings. The van der Waals surface area contributed by atoms with E-state index in [9.17, 15) is 0 Å². The minimum Gasteiger partial charge on any atom is -0.361 e. The first-order valence-electron chi connectivity index (χ1n) is 6.67. The Morgan fingerprint density at radius 1 is 1.39 bits per heavy atom. The van der Waals surface area contributed by atoms with E-state index in [1.807, 2.05) is 0 Å². The Bertz CT molecular complexity index is 352. The molecule has 1 aromatic rings. The number of aromatic nitrogens is 1. The maximum Gasteiger partial charge on any atom is 0.139 e. The Labute approximate surface area is 111 Å². The molecule has 0 aliphatic rings. The SMILES string of the molecule is CC(C)c1cc(CN(C)CCNC(C)(C)C)no1. The molecular formula is C14H27N3O. The van der Waals surface area contributed by atoms with Crippen LogP contribution in [0.3, 0.4) is 0 Å². The molecule has 1 N–H and O–H groups in total. The van der Waals surface area contributed by atoms with Gasteiger partial charge in [0.25, 0.3) is 0 Å². The number of hydrogen-bond acceptors (Lipinski definition) is 4. The molecule has 0 spiro atoms. The van der Waals surface area contributed by atoms with Crippen molar-refractivity contribution < 1.29 is 4.52 Å². The first kappa shape index (κ1) is 15.2. The Balaban J connectivity index is 2.33. The number of nitrogens with zero attached hydrogens (tertiary/aromatic N) is 2. The van der Waals surface area contributed by atoms with Gasteiger partial charge in [0.2, 0.25) is 0 Å². The van der Waals surface area contributed by atoms with Crippen molar-refractivity contribution in [3.8, 4) is 0 Å². The van der Waals surface area contributed by atoms with Gasteiger partial charge in [-0.2, -0.15) is 0 Å². The van der Waals surface area contributed by atoms with Crippen LogP contribution in [0.4, 0.5) is 0 Å². The van der Waals surface area contributed by atoms with E-state index in [0.29, 0.717) is 5.92 Å². The molecule has 0 aliphatic heterocycles. The summed E-state index contributed by atoms with van der Waals surface area (Å²) in [5.74, 6) is 1.37. The molecule has 4 heteroatoms. The van der Waals surface area contributed by atoms with Crippen LogP contribution in [0.1, 0.15) is 52.0 Å². The molecule has 0 radical (unpaired) electrons. The topological polar surface area (TPSA) is 41.3 Å². The monoisotopic (exact) mass is 253 g/mol. The van der Waals surface area contributed by atoms with Crippen molar-refractivity contribution in [2.75, 3.05) is 20.1 Å². The zero-order valence-electron chi connectivity index (χ0n) is 12.6. The zero-order chi connectivity index (χ0) is 13.8. The lowest BCUT2D eigenvalue weighted by Gasteiger charge is -2.23. The molecule has 4 nitrogen and oxygen atoms in total. The van der Waals surface area contributed by atoms with Crippen LogP contribution >= 0.6 is 0 Å². The first-order valence-corrected chi connectivity index (χ1v) is 6.67. The van der Waals surface area contributed by atoms with Crippen molar-refractivity contribution in [3.05, 3.63) is 17.5 Å². The van der Waals surface area contributed by atoms with Crippen LogP contribution in [0, 0.1) is 0 Å².